The molecule has 194 valence electrons. The predicted octanol–water partition coefficient (Wildman–Crippen LogP) is 6.11. The Labute approximate surface area is 211 Å². The Balaban J connectivity index is 1.47. The lowest BCUT2D eigenvalue weighted by Gasteiger charge is -2.30. The minimum absolute atomic E-state index is 0.0493. The summed E-state index contributed by atoms with van der Waals surface area (Å²) in [7, 11) is 0. The van der Waals surface area contributed by atoms with Crippen molar-refractivity contribution in [3.8, 4) is 5.75 Å². The zero-order valence-electron chi connectivity index (χ0n) is 22.6. The van der Waals surface area contributed by atoms with E-state index in [1.165, 1.54) is 17.4 Å². The van der Waals surface area contributed by atoms with Crippen LogP contribution in [0.1, 0.15) is 113 Å². The molecule has 0 atom stereocenters. The molecule has 0 aliphatic carbocycles. The molecule has 0 unspecified atom stereocenters. The van der Waals surface area contributed by atoms with E-state index in [2.05, 4.69) is 75.4 Å². The Morgan fingerprint density at radius 2 is 1.83 bits per heavy atom. The third kappa shape index (κ3) is 7.09. The van der Waals surface area contributed by atoms with E-state index in [1.54, 1.807) is 0 Å². The maximum absolute atomic E-state index is 12.4. The van der Waals surface area contributed by atoms with Crippen molar-refractivity contribution in [3.63, 3.8) is 0 Å². The summed E-state index contributed by atoms with van der Waals surface area (Å²) in [6.07, 6.45) is 7.34. The van der Waals surface area contributed by atoms with Gasteiger partial charge in [-0.25, -0.2) is 4.98 Å². The Hall–Kier alpha value is -2.34. The highest BCUT2D eigenvalue weighted by Gasteiger charge is 2.26. The van der Waals surface area contributed by atoms with Crippen molar-refractivity contribution in [1.82, 2.24) is 15.6 Å². The highest BCUT2D eigenvalue weighted by molar-refractivity contribution is 5.91. The van der Waals surface area contributed by atoms with Crippen molar-refractivity contribution in [2.24, 2.45) is 0 Å². The third-order valence-corrected chi connectivity index (χ3v) is 7.82. The van der Waals surface area contributed by atoms with Crippen LogP contribution in [-0.2, 0) is 10.8 Å². The molecule has 6 nitrogen and oxygen atoms in total. The zero-order chi connectivity index (χ0) is 25.5. The number of amides is 1. The summed E-state index contributed by atoms with van der Waals surface area (Å²) in [6, 6.07) is 6.70. The van der Waals surface area contributed by atoms with Gasteiger partial charge in [-0.3, -0.25) is 4.79 Å². The Bertz CT molecular complexity index is 958. The number of nitrogens with zero attached hydrogens (tertiary/aromatic N) is 1. The fraction of sp³-hybridized carbons (Fsp3) is 0.655. The number of rotatable bonds is 12. The summed E-state index contributed by atoms with van der Waals surface area (Å²) >= 11 is 0. The number of hydrogen-bond acceptors (Lipinski definition) is 5. The summed E-state index contributed by atoms with van der Waals surface area (Å²) in [4.78, 5) is 16.9. The number of hydrogen-bond donors (Lipinski definition) is 2. The Morgan fingerprint density at radius 1 is 1.11 bits per heavy atom. The van der Waals surface area contributed by atoms with Crippen LogP contribution in [0.2, 0.25) is 0 Å². The number of unbranched alkanes of at least 4 members (excludes halogenated alkanes) is 1. The highest BCUT2D eigenvalue weighted by atomic mass is 16.5. The molecule has 2 heterocycles. The standard InChI is InChI=1S/C29H45N3O3/c1-7-28(3,4)22-11-12-25(23(19-22)29(5,6)8-2)34-18-10-9-15-31-26(33)24-20-35-27(32-24)21-13-16-30-17-14-21/h11-12,19-21,30H,7-10,13-18H2,1-6H3,(H,31,33). The molecule has 2 aromatic rings. The molecule has 1 saturated heterocycles. The van der Waals surface area contributed by atoms with Gasteiger partial charge in [-0.05, 0) is 74.1 Å². The van der Waals surface area contributed by atoms with Crippen LogP contribution in [0.3, 0.4) is 0 Å². The SMILES string of the molecule is CCC(C)(C)c1ccc(OCCCCNC(=O)c2coc(C3CCNCC3)n2)c(C(C)(C)CC)c1. The van der Waals surface area contributed by atoms with E-state index in [1.807, 2.05) is 0 Å². The fourth-order valence-corrected chi connectivity index (χ4v) is 4.35. The van der Waals surface area contributed by atoms with Crippen molar-refractivity contribution >= 4 is 5.91 Å². The summed E-state index contributed by atoms with van der Waals surface area (Å²) in [5.74, 6) is 1.80. The number of oxazole rings is 1. The largest absolute Gasteiger partial charge is 0.493 e. The monoisotopic (exact) mass is 483 g/mol. The molecule has 0 radical (unpaired) electrons. The molecule has 1 aromatic carbocycles. The molecule has 0 bridgehead atoms. The molecule has 1 aromatic heterocycles. The van der Waals surface area contributed by atoms with E-state index < -0.39 is 0 Å². The van der Waals surface area contributed by atoms with E-state index in [0.717, 1.165) is 57.4 Å². The van der Waals surface area contributed by atoms with E-state index >= 15 is 0 Å². The van der Waals surface area contributed by atoms with Gasteiger partial charge in [0.15, 0.2) is 11.6 Å². The number of benzene rings is 1. The molecular weight excluding hydrogens is 438 g/mol. The predicted molar refractivity (Wildman–Crippen MR) is 141 cm³/mol. The average molecular weight is 484 g/mol. The molecule has 0 spiro atoms. The number of aromatic nitrogens is 1. The second-order valence-electron chi connectivity index (χ2n) is 11.1. The van der Waals surface area contributed by atoms with Crippen LogP contribution in [0.5, 0.6) is 5.75 Å². The van der Waals surface area contributed by atoms with Gasteiger partial charge in [-0.1, -0.05) is 53.7 Å². The first-order valence-corrected chi connectivity index (χ1v) is 13.4. The first-order valence-electron chi connectivity index (χ1n) is 13.4. The Morgan fingerprint density at radius 3 is 2.51 bits per heavy atom. The average Bonchev–Trinajstić information content (AvgIpc) is 3.37. The fourth-order valence-electron chi connectivity index (χ4n) is 4.35. The summed E-state index contributed by atoms with van der Waals surface area (Å²) in [6.45, 7) is 16.8. The van der Waals surface area contributed by atoms with Gasteiger partial charge in [0, 0.05) is 18.0 Å². The quantitative estimate of drug-likeness (QED) is 0.356. The topological polar surface area (TPSA) is 76.4 Å². The van der Waals surface area contributed by atoms with E-state index in [9.17, 15) is 4.79 Å². The molecule has 2 N–H and O–H groups in total. The van der Waals surface area contributed by atoms with Gasteiger partial charge in [0.2, 0.25) is 0 Å². The van der Waals surface area contributed by atoms with E-state index in [-0.39, 0.29) is 16.7 Å². The van der Waals surface area contributed by atoms with Gasteiger partial charge >= 0.3 is 0 Å². The van der Waals surface area contributed by atoms with Crippen molar-refractivity contribution in [2.45, 2.75) is 96.8 Å². The molecule has 6 heteroatoms. The molecule has 1 aliphatic rings. The number of carbonyl (C=O) groups excluding carboxylic acids is 1. The molecule has 1 amide bonds. The number of nitrogens with one attached hydrogen (secondary N) is 2. The second kappa shape index (κ2) is 12.1. The lowest BCUT2D eigenvalue weighted by atomic mass is 9.76. The van der Waals surface area contributed by atoms with Crippen molar-refractivity contribution in [1.29, 1.82) is 0 Å². The zero-order valence-corrected chi connectivity index (χ0v) is 22.6. The second-order valence-corrected chi connectivity index (χ2v) is 11.1. The number of carbonyl (C=O) groups is 1. The number of piperidine rings is 1. The van der Waals surface area contributed by atoms with Crippen LogP contribution in [-0.4, -0.2) is 37.1 Å². The summed E-state index contributed by atoms with van der Waals surface area (Å²) < 4.78 is 11.8. The van der Waals surface area contributed by atoms with Crippen molar-refractivity contribution in [3.05, 3.63) is 47.2 Å². The smallest absolute Gasteiger partial charge is 0.273 e. The molecular formula is C29H45N3O3. The van der Waals surface area contributed by atoms with Crippen molar-refractivity contribution < 1.29 is 13.9 Å². The molecule has 3 rings (SSSR count). The normalized spacial score (nSPS) is 15.3. The maximum Gasteiger partial charge on any atom is 0.273 e. The van der Waals surface area contributed by atoms with Gasteiger partial charge in [0.1, 0.15) is 12.0 Å². The van der Waals surface area contributed by atoms with Gasteiger partial charge in [0.05, 0.1) is 6.61 Å². The van der Waals surface area contributed by atoms with Crippen molar-refractivity contribution in [2.75, 3.05) is 26.2 Å². The lowest BCUT2D eigenvalue weighted by Crippen LogP contribution is -2.27. The van der Waals surface area contributed by atoms with Crippen LogP contribution < -0.4 is 15.4 Å². The van der Waals surface area contributed by atoms with Gasteiger partial charge in [0.25, 0.3) is 5.91 Å². The van der Waals surface area contributed by atoms with Crippen LogP contribution in [0, 0.1) is 0 Å². The highest BCUT2D eigenvalue weighted by Crippen LogP contribution is 2.38. The van der Waals surface area contributed by atoms with Crippen LogP contribution in [0.15, 0.2) is 28.9 Å². The first kappa shape index (κ1) is 27.3. The minimum atomic E-state index is -0.170. The van der Waals surface area contributed by atoms with Gasteiger partial charge < -0.3 is 19.8 Å². The van der Waals surface area contributed by atoms with Gasteiger partial charge in [-0.15, -0.1) is 0 Å². The minimum Gasteiger partial charge on any atom is -0.493 e. The maximum atomic E-state index is 12.4. The Kier molecular flexibility index (Phi) is 9.40. The third-order valence-electron chi connectivity index (χ3n) is 7.82. The van der Waals surface area contributed by atoms with E-state index in [0.29, 0.717) is 30.7 Å². The molecule has 1 fully saturated rings. The summed E-state index contributed by atoms with van der Waals surface area (Å²) in [5, 5.41) is 6.29. The van der Waals surface area contributed by atoms with Crippen LogP contribution in [0.25, 0.3) is 0 Å². The first-order chi connectivity index (χ1) is 16.7. The summed E-state index contributed by atoms with van der Waals surface area (Å²) in [5.41, 5.74) is 3.21. The van der Waals surface area contributed by atoms with E-state index in [4.69, 9.17) is 9.15 Å². The number of ether oxygens (including phenoxy) is 1. The molecule has 35 heavy (non-hydrogen) atoms. The molecule has 0 saturated carbocycles. The van der Waals surface area contributed by atoms with Gasteiger partial charge in [-0.2, -0.15) is 0 Å². The van der Waals surface area contributed by atoms with Crippen LogP contribution >= 0.6 is 0 Å². The van der Waals surface area contributed by atoms with Crippen LogP contribution in [0.4, 0.5) is 0 Å². The molecule has 1 aliphatic heterocycles. The lowest BCUT2D eigenvalue weighted by molar-refractivity contribution is 0.0947.